The van der Waals surface area contributed by atoms with Gasteiger partial charge >= 0.3 is 0 Å². The third kappa shape index (κ3) is 2.98. The molecule has 2 N–H and O–H groups in total. The maximum absolute atomic E-state index is 11.9. The Balaban J connectivity index is 2.63. The van der Waals surface area contributed by atoms with Gasteiger partial charge in [-0.1, -0.05) is 37.1 Å². The first kappa shape index (κ1) is 15.6. The second kappa shape index (κ2) is 6.35. The Morgan fingerprint density at radius 2 is 1.81 bits per heavy atom. The van der Waals surface area contributed by atoms with Crippen molar-refractivity contribution in [3.8, 4) is 11.1 Å². The van der Waals surface area contributed by atoms with Crippen LogP contribution in [0.15, 0.2) is 24.3 Å². The van der Waals surface area contributed by atoms with Gasteiger partial charge in [0.15, 0.2) is 0 Å². The molecule has 0 atom stereocenters. The molecule has 0 fully saturated rings. The lowest BCUT2D eigenvalue weighted by Gasteiger charge is -2.08. The van der Waals surface area contributed by atoms with Gasteiger partial charge in [0, 0.05) is 28.5 Å². The number of benzene rings is 1. The van der Waals surface area contributed by atoms with Crippen LogP contribution >= 0.6 is 11.6 Å². The number of rotatable bonds is 5. The van der Waals surface area contributed by atoms with E-state index >= 15 is 0 Å². The molecule has 0 radical (unpaired) electrons. The number of carbonyl (C=O) groups is 1. The number of amides is 1. The number of primary amides is 1. The minimum Gasteiger partial charge on any atom is -0.366 e. The molecule has 3 nitrogen and oxygen atoms in total. The van der Waals surface area contributed by atoms with Crippen molar-refractivity contribution in [2.45, 2.75) is 40.2 Å². The lowest BCUT2D eigenvalue weighted by molar-refractivity contribution is 0.1000. The van der Waals surface area contributed by atoms with E-state index in [1.54, 1.807) is 0 Å². The zero-order chi connectivity index (χ0) is 15.6. The molecule has 0 aliphatic rings. The van der Waals surface area contributed by atoms with Gasteiger partial charge < -0.3 is 10.3 Å². The Kier molecular flexibility index (Phi) is 4.73. The highest BCUT2D eigenvalue weighted by Crippen LogP contribution is 2.33. The number of hydrogen-bond donors (Lipinski definition) is 1. The summed E-state index contributed by atoms with van der Waals surface area (Å²) in [6.45, 7) is 7.06. The number of aromatic nitrogens is 1. The quantitative estimate of drug-likeness (QED) is 0.878. The molecular formula is C17H21ClN2O. The third-order valence-electron chi connectivity index (χ3n) is 3.90. The average Bonchev–Trinajstić information content (AvgIpc) is 2.69. The van der Waals surface area contributed by atoms with Crippen molar-refractivity contribution in [2.24, 2.45) is 5.73 Å². The molecule has 1 aromatic heterocycles. The Hall–Kier alpha value is -1.74. The van der Waals surface area contributed by atoms with Crippen LogP contribution in [0.1, 0.15) is 41.5 Å². The first-order chi connectivity index (χ1) is 9.97. The van der Waals surface area contributed by atoms with E-state index in [0.717, 1.165) is 41.9 Å². The molecule has 0 aliphatic heterocycles. The molecule has 1 aromatic carbocycles. The number of nitrogens with zero attached hydrogens (tertiary/aromatic N) is 1. The topological polar surface area (TPSA) is 48.0 Å². The van der Waals surface area contributed by atoms with Gasteiger partial charge in [0.1, 0.15) is 0 Å². The molecule has 0 bridgehead atoms. The largest absolute Gasteiger partial charge is 0.366 e. The zero-order valence-corrected chi connectivity index (χ0v) is 13.5. The summed E-state index contributed by atoms with van der Waals surface area (Å²) in [4.78, 5) is 11.9. The van der Waals surface area contributed by atoms with Crippen molar-refractivity contribution in [2.75, 3.05) is 0 Å². The van der Waals surface area contributed by atoms with Crippen molar-refractivity contribution in [1.82, 2.24) is 4.57 Å². The highest BCUT2D eigenvalue weighted by Gasteiger charge is 2.22. The lowest BCUT2D eigenvalue weighted by atomic mass is 10.0. The van der Waals surface area contributed by atoms with E-state index in [1.807, 2.05) is 38.1 Å². The Labute approximate surface area is 130 Å². The van der Waals surface area contributed by atoms with E-state index in [2.05, 4.69) is 11.5 Å². The summed E-state index contributed by atoms with van der Waals surface area (Å²) in [6, 6.07) is 7.53. The van der Waals surface area contributed by atoms with Gasteiger partial charge in [-0.3, -0.25) is 4.79 Å². The first-order valence-electron chi connectivity index (χ1n) is 7.22. The van der Waals surface area contributed by atoms with E-state index in [1.165, 1.54) is 0 Å². The highest BCUT2D eigenvalue weighted by molar-refractivity contribution is 6.30. The van der Waals surface area contributed by atoms with Crippen LogP contribution in [0.2, 0.25) is 5.02 Å². The van der Waals surface area contributed by atoms with Crippen molar-refractivity contribution in [3.63, 3.8) is 0 Å². The van der Waals surface area contributed by atoms with Crippen molar-refractivity contribution in [3.05, 3.63) is 46.2 Å². The Morgan fingerprint density at radius 1 is 1.19 bits per heavy atom. The summed E-state index contributed by atoms with van der Waals surface area (Å²) in [5, 5.41) is 0.680. The minimum absolute atomic E-state index is 0.379. The fraction of sp³-hybridized carbons (Fsp3) is 0.353. The van der Waals surface area contributed by atoms with Gasteiger partial charge in [0.2, 0.25) is 0 Å². The van der Waals surface area contributed by atoms with Crippen LogP contribution in [0.3, 0.4) is 0 Å². The van der Waals surface area contributed by atoms with Gasteiger partial charge in [-0.05, 0) is 38.0 Å². The van der Waals surface area contributed by atoms with Crippen LogP contribution in [0.5, 0.6) is 0 Å². The van der Waals surface area contributed by atoms with E-state index < -0.39 is 0 Å². The van der Waals surface area contributed by atoms with E-state index in [0.29, 0.717) is 10.6 Å². The average molecular weight is 305 g/mol. The summed E-state index contributed by atoms with van der Waals surface area (Å²) >= 11 is 5.95. The number of nitrogens with two attached hydrogens (primary N) is 1. The standard InChI is InChI=1S/C17H21ClN2O/c1-4-5-10-20-11(2)15(16(12(20)3)17(19)21)13-6-8-14(18)9-7-13/h6-9H,4-5,10H2,1-3H3,(H2,19,21). The third-order valence-corrected chi connectivity index (χ3v) is 4.15. The molecule has 112 valence electrons. The SMILES string of the molecule is CCCCn1c(C)c(C(N)=O)c(-c2ccc(Cl)cc2)c1C. The monoisotopic (exact) mass is 304 g/mol. The van der Waals surface area contributed by atoms with E-state index in [4.69, 9.17) is 17.3 Å². The highest BCUT2D eigenvalue weighted by atomic mass is 35.5. The summed E-state index contributed by atoms with van der Waals surface area (Å²) in [5.41, 5.74) is 10.2. The first-order valence-corrected chi connectivity index (χ1v) is 7.60. The number of halogens is 1. The lowest BCUT2D eigenvalue weighted by Crippen LogP contribution is -2.13. The number of unbranched alkanes of at least 4 members (excludes halogenated alkanes) is 1. The maximum atomic E-state index is 11.9. The maximum Gasteiger partial charge on any atom is 0.251 e. The fourth-order valence-corrected chi connectivity index (χ4v) is 2.93. The zero-order valence-electron chi connectivity index (χ0n) is 12.7. The smallest absolute Gasteiger partial charge is 0.251 e. The summed E-state index contributed by atoms with van der Waals surface area (Å²) < 4.78 is 2.19. The van der Waals surface area contributed by atoms with Crippen molar-refractivity contribution in [1.29, 1.82) is 0 Å². The molecule has 0 saturated carbocycles. The Morgan fingerprint density at radius 3 is 2.33 bits per heavy atom. The van der Waals surface area contributed by atoms with Crippen LogP contribution in [0.25, 0.3) is 11.1 Å². The molecule has 4 heteroatoms. The second-order valence-corrected chi connectivity index (χ2v) is 5.73. The fourth-order valence-electron chi connectivity index (χ4n) is 2.81. The molecule has 0 saturated heterocycles. The van der Waals surface area contributed by atoms with Crippen LogP contribution in [-0.4, -0.2) is 10.5 Å². The van der Waals surface area contributed by atoms with Gasteiger partial charge in [-0.25, -0.2) is 0 Å². The molecule has 0 unspecified atom stereocenters. The minimum atomic E-state index is -0.379. The predicted molar refractivity (Wildman–Crippen MR) is 87.8 cm³/mol. The van der Waals surface area contributed by atoms with Gasteiger partial charge in [0.25, 0.3) is 5.91 Å². The summed E-state index contributed by atoms with van der Waals surface area (Å²) in [7, 11) is 0. The summed E-state index contributed by atoms with van der Waals surface area (Å²) in [6.07, 6.45) is 2.19. The normalized spacial score (nSPS) is 10.9. The molecule has 2 aromatic rings. The number of carbonyl (C=O) groups excluding carboxylic acids is 1. The van der Waals surface area contributed by atoms with Crippen molar-refractivity contribution >= 4 is 17.5 Å². The molecule has 21 heavy (non-hydrogen) atoms. The molecule has 0 spiro atoms. The van der Waals surface area contributed by atoms with Gasteiger partial charge in [-0.15, -0.1) is 0 Å². The van der Waals surface area contributed by atoms with Crippen LogP contribution in [0, 0.1) is 13.8 Å². The molecule has 1 heterocycles. The molecule has 2 rings (SSSR count). The van der Waals surface area contributed by atoms with Gasteiger partial charge in [-0.2, -0.15) is 0 Å². The number of hydrogen-bond acceptors (Lipinski definition) is 1. The van der Waals surface area contributed by atoms with Crippen LogP contribution in [0.4, 0.5) is 0 Å². The van der Waals surface area contributed by atoms with Crippen LogP contribution < -0.4 is 5.73 Å². The molecule has 0 aliphatic carbocycles. The Bertz CT molecular complexity index is 656. The second-order valence-electron chi connectivity index (χ2n) is 5.30. The predicted octanol–water partition coefficient (Wildman–Crippen LogP) is 4.32. The molecule has 1 amide bonds. The summed E-state index contributed by atoms with van der Waals surface area (Å²) in [5.74, 6) is -0.379. The molecular weight excluding hydrogens is 284 g/mol. The van der Waals surface area contributed by atoms with E-state index in [-0.39, 0.29) is 5.91 Å². The van der Waals surface area contributed by atoms with Gasteiger partial charge in [0.05, 0.1) is 5.56 Å². The van der Waals surface area contributed by atoms with E-state index in [9.17, 15) is 4.79 Å². The van der Waals surface area contributed by atoms with Crippen molar-refractivity contribution < 1.29 is 4.79 Å². The van der Waals surface area contributed by atoms with Crippen LogP contribution in [-0.2, 0) is 6.54 Å².